The predicted octanol–water partition coefficient (Wildman–Crippen LogP) is 23.5. The molecule has 0 aliphatic heterocycles. The quantitative estimate of drug-likeness (QED) is 0.0348. The van der Waals surface area contributed by atoms with Gasteiger partial charge in [-0.1, -0.05) is 193 Å². The molecule has 0 amide bonds. The minimum atomic E-state index is 0.390. The van der Waals surface area contributed by atoms with Crippen molar-refractivity contribution in [2.24, 2.45) is 0 Å². The van der Waals surface area contributed by atoms with E-state index in [1.165, 1.54) is 77.0 Å². The smallest absolute Gasteiger partial charge is 0.120 e. The average Bonchev–Trinajstić information content (AvgIpc) is 1.06. The molecule has 5 aromatic carbocycles. The van der Waals surface area contributed by atoms with Crippen LogP contribution in [0.1, 0.15) is 280 Å². The number of nitrogens with zero attached hydrogens (tertiary/aromatic N) is 5. The third kappa shape index (κ3) is 28.3. The minimum Gasteiger partial charge on any atom is -0.494 e. The second kappa shape index (κ2) is 45.2. The van der Waals surface area contributed by atoms with E-state index >= 15 is 0 Å². The normalized spacial score (nSPS) is 15.0. The maximum absolute atomic E-state index is 11.3. The van der Waals surface area contributed by atoms with Crippen molar-refractivity contribution in [3.8, 4) is 41.8 Å². The first-order valence-corrected chi connectivity index (χ1v) is 36.3. The van der Waals surface area contributed by atoms with Gasteiger partial charge in [0.25, 0.3) is 0 Å². The van der Waals surface area contributed by atoms with Gasteiger partial charge in [0.05, 0.1) is 71.4 Å². The van der Waals surface area contributed by atoms with E-state index in [9.17, 15) is 26.3 Å². The molecule has 0 saturated carbocycles. The summed E-state index contributed by atoms with van der Waals surface area (Å²) in [6.45, 7) is 14.9. The minimum absolute atomic E-state index is 0.390. The Balaban J connectivity index is 1.54. The molecule has 0 spiro atoms. The Morgan fingerprint density at radius 3 is 0.874 bits per heavy atom. The third-order valence-corrected chi connectivity index (χ3v) is 17.5. The molecule has 500 valence electrons. The number of ether oxygens (including phenoxy) is 4. The summed E-state index contributed by atoms with van der Waals surface area (Å²) < 4.78 is 25.1. The highest BCUT2D eigenvalue weighted by atomic mass is 16.5. The molecule has 9 nitrogen and oxygen atoms in total. The second-order valence-electron chi connectivity index (χ2n) is 25.9. The maximum atomic E-state index is 11.3. The maximum Gasteiger partial charge on any atom is 0.120 e. The molecule has 0 saturated heterocycles. The Labute approximate surface area is 572 Å². The van der Waals surface area contributed by atoms with Crippen LogP contribution in [0.5, 0.6) is 11.5 Å². The van der Waals surface area contributed by atoms with Crippen LogP contribution in [0.25, 0.3) is 58.2 Å². The lowest BCUT2D eigenvalue weighted by atomic mass is 9.92. The standard InChI is InChI=1S/C86H107N5O4/c1-6-10-14-16-18-20-22-32-40-94-85-58-73-51-79(61-85)84(66-91)55-72-45-69(35-27-25-31-39-93-37-29-13-9-4)46-76(50-72)81(63-88)54-71-44-68(34-26-24-30-38-92-36-28-12-8-3)47-77(49-71)82(64-89)57-74-52-78(60-86(59-74)95-41-33-23-21-19-17-15-11-7-2)83(65-90)53-70-42-67(5)43-75(48-70)80(56-73)62-87/h42-61H,6-41H2,1-5H3/b80-56+,81-54+,82-57+,83-53+,84-55+. The molecular weight excluding hydrogens is 1170 g/mol. The molecule has 95 heavy (non-hydrogen) atoms. The van der Waals surface area contributed by atoms with E-state index in [4.69, 9.17) is 18.9 Å². The van der Waals surface area contributed by atoms with E-state index in [2.05, 4.69) is 82.3 Å². The topological polar surface area (TPSA) is 156 Å². The number of allylic oxidation sites excluding steroid dienone is 5. The van der Waals surface area contributed by atoms with Gasteiger partial charge in [0.2, 0.25) is 0 Å². The van der Waals surface area contributed by atoms with Crippen LogP contribution in [0, 0.1) is 63.6 Å². The van der Waals surface area contributed by atoms with Crippen molar-refractivity contribution in [3.63, 3.8) is 0 Å². The van der Waals surface area contributed by atoms with Gasteiger partial charge in [0, 0.05) is 26.4 Å². The SMILES string of the molecule is CCCCCCCCCCOc1cc2cc(c1)/C(C#N)=C/c1cc(CCCCCOCCCCC)cc(c1)/C(C#N)=C/c1cc(CCCCCOCCCCC)cc(c1)/C(C#N)=C/c1cc(OCCCCCCCCCC)cc(c1)/C(C#N)=C/c1cc(C)cc(c1)/C(C#N)=C/2. The van der Waals surface area contributed by atoms with Crippen molar-refractivity contribution in [3.05, 3.63) is 163 Å². The number of benzene rings is 5. The summed E-state index contributed by atoms with van der Waals surface area (Å²) in [5.41, 5.74) is 12.1. The van der Waals surface area contributed by atoms with Crippen LogP contribution in [-0.4, -0.2) is 39.6 Å². The van der Waals surface area contributed by atoms with E-state index < -0.39 is 0 Å². The number of nitriles is 5. The Morgan fingerprint density at radius 2 is 0.526 bits per heavy atom. The molecule has 0 radical (unpaired) electrons. The van der Waals surface area contributed by atoms with Gasteiger partial charge in [0.1, 0.15) is 11.5 Å². The third-order valence-electron chi connectivity index (χ3n) is 17.5. The summed E-state index contributed by atoms with van der Waals surface area (Å²) in [4.78, 5) is 0. The number of hydrogen-bond donors (Lipinski definition) is 0. The monoisotopic (exact) mass is 1270 g/mol. The molecule has 1 aliphatic carbocycles. The fraction of sp³-hybridized carbons (Fsp3) is 0.477. The van der Waals surface area contributed by atoms with Crippen LogP contribution < -0.4 is 9.47 Å². The van der Waals surface area contributed by atoms with Crippen LogP contribution in [0.2, 0.25) is 0 Å². The zero-order valence-corrected chi connectivity index (χ0v) is 58.4. The van der Waals surface area contributed by atoms with Crippen molar-refractivity contribution in [1.82, 2.24) is 0 Å². The largest absolute Gasteiger partial charge is 0.494 e. The van der Waals surface area contributed by atoms with Gasteiger partial charge in [0.15, 0.2) is 0 Å². The number of rotatable bonds is 40. The first-order chi connectivity index (χ1) is 46.6. The Hall–Kier alpha value is -8.23. The first-order valence-electron chi connectivity index (χ1n) is 36.3. The molecule has 0 unspecified atom stereocenters. The highest BCUT2D eigenvalue weighted by Gasteiger charge is 2.16. The van der Waals surface area contributed by atoms with Gasteiger partial charge in [-0.2, -0.15) is 26.3 Å². The Kier molecular flexibility index (Phi) is 36.1. The molecule has 1 aliphatic rings. The lowest BCUT2D eigenvalue weighted by Gasteiger charge is -2.12. The van der Waals surface area contributed by atoms with E-state index in [0.717, 1.165) is 181 Å². The summed E-state index contributed by atoms with van der Waals surface area (Å²) in [7, 11) is 0. The number of hydrogen-bond acceptors (Lipinski definition) is 9. The van der Waals surface area contributed by atoms with E-state index in [1.807, 2.05) is 104 Å². The van der Waals surface area contributed by atoms with Gasteiger partial charge < -0.3 is 18.9 Å². The van der Waals surface area contributed by atoms with Crippen LogP contribution >= 0.6 is 0 Å². The highest BCUT2D eigenvalue weighted by molar-refractivity contribution is 5.98. The molecule has 6 rings (SSSR count). The summed E-state index contributed by atoms with van der Waals surface area (Å²) in [6, 6.07) is 42.6. The van der Waals surface area contributed by atoms with Gasteiger partial charge in [-0.15, -0.1) is 0 Å². The molecule has 5 aromatic rings. The van der Waals surface area contributed by atoms with Crippen molar-refractivity contribution < 1.29 is 18.9 Å². The molecule has 0 atom stereocenters. The first kappa shape index (κ1) is 75.8. The number of fused-ring (bicyclic) bond motifs is 10. The van der Waals surface area contributed by atoms with Crippen molar-refractivity contribution >= 4 is 58.2 Å². The Bertz CT molecular complexity index is 3520. The Morgan fingerprint density at radius 1 is 0.263 bits per heavy atom. The molecule has 10 bridgehead atoms. The number of unbranched alkanes of at least 4 members (excludes halogenated alkanes) is 22. The highest BCUT2D eigenvalue weighted by Crippen LogP contribution is 2.34. The van der Waals surface area contributed by atoms with Gasteiger partial charge >= 0.3 is 0 Å². The lowest BCUT2D eigenvalue weighted by molar-refractivity contribution is 0.126. The molecule has 9 heteroatoms. The summed E-state index contributed by atoms with van der Waals surface area (Å²) in [5, 5.41) is 55.8. The van der Waals surface area contributed by atoms with Gasteiger partial charge in [-0.25, -0.2) is 0 Å². The molecular formula is C86H107N5O4. The van der Waals surface area contributed by atoms with E-state index in [-0.39, 0.29) is 0 Å². The molecule has 0 fully saturated rings. The number of aryl methyl sites for hydroxylation is 3. The van der Waals surface area contributed by atoms with Gasteiger partial charge in [-0.3, -0.25) is 0 Å². The van der Waals surface area contributed by atoms with Gasteiger partial charge in [-0.05, 0) is 228 Å². The van der Waals surface area contributed by atoms with Crippen LogP contribution in [0.3, 0.4) is 0 Å². The fourth-order valence-electron chi connectivity index (χ4n) is 12.3. The summed E-state index contributed by atoms with van der Waals surface area (Å²) in [6.07, 6.45) is 42.1. The van der Waals surface area contributed by atoms with E-state index in [0.29, 0.717) is 86.0 Å². The van der Waals surface area contributed by atoms with Crippen LogP contribution in [0.15, 0.2) is 91.0 Å². The zero-order valence-electron chi connectivity index (χ0n) is 58.4. The summed E-state index contributed by atoms with van der Waals surface area (Å²) >= 11 is 0. The van der Waals surface area contributed by atoms with Crippen molar-refractivity contribution in [1.29, 1.82) is 26.3 Å². The average molecular weight is 1270 g/mol. The fourth-order valence-corrected chi connectivity index (χ4v) is 12.3. The van der Waals surface area contributed by atoms with E-state index in [1.54, 1.807) is 0 Å². The molecule has 0 aromatic heterocycles. The van der Waals surface area contributed by atoms with Crippen LogP contribution in [0.4, 0.5) is 0 Å². The lowest BCUT2D eigenvalue weighted by Crippen LogP contribution is -1.99. The molecule has 0 N–H and O–H groups in total. The predicted molar refractivity (Wildman–Crippen MR) is 396 cm³/mol. The molecule has 0 heterocycles. The zero-order chi connectivity index (χ0) is 67.5. The second-order valence-corrected chi connectivity index (χ2v) is 25.9. The summed E-state index contributed by atoms with van der Waals surface area (Å²) in [5.74, 6) is 1.20. The van der Waals surface area contributed by atoms with Crippen LogP contribution in [-0.2, 0) is 22.3 Å². The van der Waals surface area contributed by atoms with Crippen molar-refractivity contribution in [2.75, 3.05) is 39.6 Å². The van der Waals surface area contributed by atoms with Crippen molar-refractivity contribution in [2.45, 2.75) is 227 Å².